The Morgan fingerprint density at radius 2 is 2.18 bits per heavy atom. The number of halogens is 1. The van der Waals surface area contributed by atoms with Gasteiger partial charge in [-0.05, 0) is 40.5 Å². The van der Waals surface area contributed by atoms with Crippen molar-refractivity contribution in [3.05, 3.63) is 58.2 Å². The fraction of sp³-hybridized carbons (Fsp3) is 0.294. The summed E-state index contributed by atoms with van der Waals surface area (Å²) in [5, 5.41) is 0. The van der Waals surface area contributed by atoms with Gasteiger partial charge in [0.05, 0.1) is 24.0 Å². The lowest BCUT2D eigenvalue weighted by Gasteiger charge is -2.38. The van der Waals surface area contributed by atoms with E-state index in [4.69, 9.17) is 4.74 Å². The molecule has 22 heavy (non-hydrogen) atoms. The lowest BCUT2D eigenvalue weighted by molar-refractivity contribution is -0.139. The molecule has 1 aromatic heterocycles. The van der Waals surface area contributed by atoms with Crippen LogP contribution in [0.1, 0.15) is 11.1 Å². The molecule has 1 aromatic carbocycles. The second-order valence-electron chi connectivity index (χ2n) is 5.49. The van der Waals surface area contributed by atoms with Crippen LogP contribution in [0.25, 0.3) is 0 Å². The van der Waals surface area contributed by atoms with Gasteiger partial charge in [-0.3, -0.25) is 4.79 Å². The van der Waals surface area contributed by atoms with Crippen LogP contribution in [0.15, 0.2) is 47.1 Å². The van der Waals surface area contributed by atoms with Crippen LogP contribution < -0.4 is 4.74 Å². The van der Waals surface area contributed by atoms with Gasteiger partial charge in [0.15, 0.2) is 0 Å². The SMILES string of the molecule is Cc1cccc(CC(=O)N2CC(Oc3ncccc3Br)C2)c1. The van der Waals surface area contributed by atoms with E-state index in [2.05, 4.69) is 27.0 Å². The summed E-state index contributed by atoms with van der Waals surface area (Å²) in [6.07, 6.45) is 2.16. The molecule has 114 valence electrons. The number of benzene rings is 1. The summed E-state index contributed by atoms with van der Waals surface area (Å²) in [6, 6.07) is 11.8. The van der Waals surface area contributed by atoms with E-state index in [9.17, 15) is 4.79 Å². The predicted octanol–water partition coefficient (Wildman–Crippen LogP) is 2.98. The quantitative estimate of drug-likeness (QED) is 0.841. The van der Waals surface area contributed by atoms with E-state index >= 15 is 0 Å². The third kappa shape index (κ3) is 3.47. The highest BCUT2D eigenvalue weighted by Gasteiger charge is 2.32. The Kier molecular flexibility index (Phi) is 4.43. The van der Waals surface area contributed by atoms with Gasteiger partial charge in [-0.2, -0.15) is 0 Å². The summed E-state index contributed by atoms with van der Waals surface area (Å²) < 4.78 is 6.61. The van der Waals surface area contributed by atoms with Crippen molar-refractivity contribution < 1.29 is 9.53 Å². The van der Waals surface area contributed by atoms with Gasteiger partial charge >= 0.3 is 0 Å². The van der Waals surface area contributed by atoms with E-state index in [1.165, 1.54) is 5.56 Å². The number of hydrogen-bond acceptors (Lipinski definition) is 3. The van der Waals surface area contributed by atoms with E-state index in [0.717, 1.165) is 10.0 Å². The molecule has 0 aliphatic carbocycles. The van der Waals surface area contributed by atoms with Crippen LogP contribution in [0.2, 0.25) is 0 Å². The zero-order valence-electron chi connectivity index (χ0n) is 12.3. The Balaban J connectivity index is 1.51. The predicted molar refractivity (Wildman–Crippen MR) is 87.8 cm³/mol. The van der Waals surface area contributed by atoms with Crippen molar-refractivity contribution in [2.75, 3.05) is 13.1 Å². The molecule has 0 N–H and O–H groups in total. The minimum atomic E-state index is 0.0210. The van der Waals surface area contributed by atoms with Gasteiger partial charge in [-0.25, -0.2) is 4.98 Å². The highest BCUT2D eigenvalue weighted by Crippen LogP contribution is 2.24. The molecular formula is C17H17BrN2O2. The number of hydrogen-bond donors (Lipinski definition) is 0. The molecule has 0 spiro atoms. The third-order valence-corrected chi connectivity index (χ3v) is 4.25. The molecule has 1 saturated heterocycles. The minimum absolute atomic E-state index is 0.0210. The monoisotopic (exact) mass is 360 g/mol. The molecule has 0 unspecified atom stereocenters. The van der Waals surface area contributed by atoms with Crippen molar-refractivity contribution in [3.8, 4) is 5.88 Å². The second kappa shape index (κ2) is 6.48. The molecule has 2 heterocycles. The average molecular weight is 361 g/mol. The van der Waals surface area contributed by atoms with Gasteiger partial charge in [0, 0.05) is 6.20 Å². The van der Waals surface area contributed by atoms with E-state index in [-0.39, 0.29) is 12.0 Å². The van der Waals surface area contributed by atoms with Gasteiger partial charge in [0.25, 0.3) is 0 Å². The van der Waals surface area contributed by atoms with Gasteiger partial charge in [-0.1, -0.05) is 29.8 Å². The first-order valence-corrected chi connectivity index (χ1v) is 8.01. The summed E-state index contributed by atoms with van der Waals surface area (Å²) in [6.45, 7) is 3.27. The Hall–Kier alpha value is -1.88. The van der Waals surface area contributed by atoms with E-state index in [1.807, 2.05) is 42.2 Å². The first kappa shape index (κ1) is 15.0. The van der Waals surface area contributed by atoms with Crippen LogP contribution in [0.3, 0.4) is 0 Å². The standard InChI is InChI=1S/C17H17BrN2O2/c1-12-4-2-5-13(8-12)9-16(21)20-10-14(11-20)22-17-15(18)6-3-7-19-17/h2-8,14H,9-11H2,1H3. The van der Waals surface area contributed by atoms with Crippen LogP contribution in [-0.2, 0) is 11.2 Å². The molecule has 1 amide bonds. The number of carbonyl (C=O) groups excluding carboxylic acids is 1. The van der Waals surface area contributed by atoms with E-state index in [1.54, 1.807) is 6.20 Å². The molecule has 0 radical (unpaired) electrons. The fourth-order valence-electron chi connectivity index (χ4n) is 2.44. The van der Waals surface area contributed by atoms with Crippen molar-refractivity contribution in [1.82, 2.24) is 9.88 Å². The third-order valence-electron chi connectivity index (χ3n) is 3.64. The summed E-state index contributed by atoms with van der Waals surface area (Å²) in [5.41, 5.74) is 2.23. The minimum Gasteiger partial charge on any atom is -0.470 e. The number of aryl methyl sites for hydroxylation is 1. The molecule has 1 aliphatic rings. The Morgan fingerprint density at radius 3 is 2.91 bits per heavy atom. The molecule has 1 aliphatic heterocycles. The van der Waals surface area contributed by atoms with Crippen molar-refractivity contribution >= 4 is 21.8 Å². The molecule has 5 heteroatoms. The topological polar surface area (TPSA) is 42.4 Å². The molecule has 1 fully saturated rings. The zero-order chi connectivity index (χ0) is 15.5. The van der Waals surface area contributed by atoms with Crippen molar-refractivity contribution in [2.24, 2.45) is 0 Å². The lowest BCUT2D eigenvalue weighted by atomic mass is 10.1. The van der Waals surface area contributed by atoms with Gasteiger partial charge in [0.1, 0.15) is 6.10 Å². The molecule has 4 nitrogen and oxygen atoms in total. The Bertz CT molecular complexity index is 684. The van der Waals surface area contributed by atoms with Crippen molar-refractivity contribution in [2.45, 2.75) is 19.4 Å². The molecular weight excluding hydrogens is 344 g/mol. The van der Waals surface area contributed by atoms with Crippen LogP contribution in [0.4, 0.5) is 0 Å². The first-order valence-electron chi connectivity index (χ1n) is 7.22. The smallest absolute Gasteiger partial charge is 0.228 e. The summed E-state index contributed by atoms with van der Waals surface area (Å²) in [5.74, 6) is 0.726. The maximum absolute atomic E-state index is 12.2. The normalized spacial score (nSPS) is 14.5. The first-order chi connectivity index (χ1) is 10.6. The number of pyridine rings is 1. The number of aromatic nitrogens is 1. The molecule has 0 atom stereocenters. The van der Waals surface area contributed by atoms with Gasteiger partial charge in [-0.15, -0.1) is 0 Å². The van der Waals surface area contributed by atoms with Crippen LogP contribution in [0.5, 0.6) is 5.88 Å². The Labute approximate surface area is 138 Å². The molecule has 2 aromatic rings. The molecule has 0 saturated carbocycles. The van der Waals surface area contributed by atoms with Gasteiger partial charge < -0.3 is 9.64 Å². The van der Waals surface area contributed by atoms with Crippen LogP contribution in [0, 0.1) is 6.92 Å². The maximum atomic E-state index is 12.2. The number of amides is 1. The molecule has 3 rings (SSSR count). The number of carbonyl (C=O) groups is 1. The highest BCUT2D eigenvalue weighted by molar-refractivity contribution is 9.10. The van der Waals surface area contributed by atoms with E-state index in [0.29, 0.717) is 25.4 Å². The van der Waals surface area contributed by atoms with Crippen LogP contribution >= 0.6 is 15.9 Å². The summed E-state index contributed by atoms with van der Waals surface area (Å²) >= 11 is 3.41. The zero-order valence-corrected chi connectivity index (χ0v) is 13.9. The summed E-state index contributed by atoms with van der Waals surface area (Å²) in [7, 11) is 0. The van der Waals surface area contributed by atoms with Crippen LogP contribution in [-0.4, -0.2) is 35.0 Å². The Morgan fingerprint density at radius 1 is 1.36 bits per heavy atom. The van der Waals surface area contributed by atoms with Crippen molar-refractivity contribution in [3.63, 3.8) is 0 Å². The number of rotatable bonds is 4. The average Bonchev–Trinajstić information content (AvgIpc) is 2.44. The molecule has 0 bridgehead atoms. The number of likely N-dealkylation sites (tertiary alicyclic amines) is 1. The second-order valence-corrected chi connectivity index (χ2v) is 6.35. The highest BCUT2D eigenvalue weighted by atomic mass is 79.9. The summed E-state index contributed by atoms with van der Waals surface area (Å²) in [4.78, 5) is 18.2. The lowest BCUT2D eigenvalue weighted by Crippen LogP contribution is -2.56. The largest absolute Gasteiger partial charge is 0.470 e. The fourth-order valence-corrected chi connectivity index (χ4v) is 2.79. The van der Waals surface area contributed by atoms with E-state index < -0.39 is 0 Å². The number of nitrogens with zero attached hydrogens (tertiary/aromatic N) is 2. The number of ether oxygens (including phenoxy) is 1. The van der Waals surface area contributed by atoms with Gasteiger partial charge in [0.2, 0.25) is 11.8 Å². The maximum Gasteiger partial charge on any atom is 0.228 e. The van der Waals surface area contributed by atoms with Crippen molar-refractivity contribution in [1.29, 1.82) is 0 Å².